The van der Waals surface area contributed by atoms with Crippen LogP contribution in [0, 0.1) is 5.92 Å². The Labute approximate surface area is 161 Å². The molecule has 142 valence electrons. The molecule has 0 unspecified atom stereocenters. The monoisotopic (exact) mass is 387 g/mol. The lowest BCUT2D eigenvalue weighted by Crippen LogP contribution is -2.43. The van der Waals surface area contributed by atoms with Crippen LogP contribution in [-0.2, 0) is 9.59 Å². The summed E-state index contributed by atoms with van der Waals surface area (Å²) in [7, 11) is 0. The Morgan fingerprint density at radius 3 is 2.67 bits per heavy atom. The topological polar surface area (TPSA) is 102 Å². The van der Waals surface area contributed by atoms with E-state index in [-0.39, 0.29) is 24.3 Å². The first-order valence-corrected chi connectivity index (χ1v) is 9.55. The summed E-state index contributed by atoms with van der Waals surface area (Å²) in [6.07, 6.45) is 1.55. The van der Waals surface area contributed by atoms with Crippen molar-refractivity contribution in [3.63, 3.8) is 0 Å². The number of thiophene rings is 1. The number of hydrogen-bond acceptors (Lipinski definition) is 5. The normalized spacial score (nSPS) is 16.6. The van der Waals surface area contributed by atoms with Gasteiger partial charge >= 0.3 is 0 Å². The molecule has 0 bridgehead atoms. The molecule has 0 saturated carbocycles. The van der Waals surface area contributed by atoms with Gasteiger partial charge in [0.2, 0.25) is 5.91 Å². The van der Waals surface area contributed by atoms with Gasteiger partial charge < -0.3 is 20.7 Å². The number of hydrogen-bond donors (Lipinski definition) is 2. The second-order valence-corrected chi connectivity index (χ2v) is 7.28. The molecule has 3 rings (SSSR count). The van der Waals surface area contributed by atoms with Gasteiger partial charge in [-0.3, -0.25) is 14.4 Å². The average molecular weight is 387 g/mol. The first-order valence-electron chi connectivity index (χ1n) is 8.68. The largest absolute Gasteiger partial charge is 0.484 e. The molecule has 1 atom stereocenters. The maximum atomic E-state index is 12.6. The molecule has 1 fully saturated rings. The second-order valence-electron chi connectivity index (χ2n) is 6.34. The lowest BCUT2D eigenvalue weighted by atomic mass is 9.97. The van der Waals surface area contributed by atoms with E-state index in [1.54, 1.807) is 35.2 Å². The van der Waals surface area contributed by atoms with Crippen LogP contribution in [0.3, 0.4) is 0 Å². The van der Waals surface area contributed by atoms with Crippen LogP contribution in [0.4, 0.5) is 5.69 Å². The van der Waals surface area contributed by atoms with Gasteiger partial charge in [0.05, 0.1) is 10.8 Å². The van der Waals surface area contributed by atoms with Crippen LogP contribution < -0.4 is 15.8 Å². The highest BCUT2D eigenvalue weighted by molar-refractivity contribution is 7.12. The summed E-state index contributed by atoms with van der Waals surface area (Å²) in [6, 6.07) is 10.4. The number of amides is 3. The number of likely N-dealkylation sites (tertiary alicyclic amines) is 1. The number of nitrogens with zero attached hydrogens (tertiary/aromatic N) is 1. The van der Waals surface area contributed by atoms with Crippen LogP contribution in [0.2, 0.25) is 0 Å². The summed E-state index contributed by atoms with van der Waals surface area (Å²) in [5.74, 6) is -0.417. The van der Waals surface area contributed by atoms with E-state index < -0.39 is 5.91 Å². The Morgan fingerprint density at radius 1 is 1.22 bits per heavy atom. The van der Waals surface area contributed by atoms with Crippen molar-refractivity contribution in [2.75, 3.05) is 25.0 Å². The molecule has 0 aliphatic carbocycles. The number of carbonyl (C=O) groups is 3. The molecular formula is C19H21N3O4S. The third-order valence-electron chi connectivity index (χ3n) is 4.31. The smallest absolute Gasteiger partial charge is 0.263 e. The summed E-state index contributed by atoms with van der Waals surface area (Å²) in [4.78, 5) is 38.2. The van der Waals surface area contributed by atoms with Crippen molar-refractivity contribution in [2.24, 2.45) is 11.7 Å². The Bertz CT molecular complexity index is 805. The van der Waals surface area contributed by atoms with Crippen molar-refractivity contribution in [3.05, 3.63) is 46.7 Å². The minimum atomic E-state index is -0.550. The SMILES string of the molecule is NC(=O)COc1ccc(NC(=O)[C@H]2CCCN(C(=O)c3cccs3)C2)cc1. The van der Waals surface area contributed by atoms with Gasteiger partial charge in [-0.05, 0) is 48.6 Å². The molecule has 7 nitrogen and oxygen atoms in total. The summed E-state index contributed by atoms with van der Waals surface area (Å²) >= 11 is 1.41. The Kier molecular flexibility index (Phi) is 6.08. The van der Waals surface area contributed by atoms with E-state index in [2.05, 4.69) is 5.32 Å². The molecule has 27 heavy (non-hydrogen) atoms. The van der Waals surface area contributed by atoms with Gasteiger partial charge in [-0.15, -0.1) is 11.3 Å². The van der Waals surface area contributed by atoms with E-state index in [9.17, 15) is 14.4 Å². The maximum absolute atomic E-state index is 12.6. The molecule has 3 N–H and O–H groups in total. The summed E-state index contributed by atoms with van der Waals surface area (Å²) in [5, 5.41) is 4.75. The molecule has 1 aromatic carbocycles. The van der Waals surface area contributed by atoms with Gasteiger partial charge in [-0.25, -0.2) is 0 Å². The van der Waals surface area contributed by atoms with Crippen molar-refractivity contribution >= 4 is 34.7 Å². The molecule has 0 radical (unpaired) electrons. The van der Waals surface area contributed by atoms with Crippen molar-refractivity contribution in [2.45, 2.75) is 12.8 Å². The number of carbonyl (C=O) groups excluding carboxylic acids is 3. The number of nitrogens with one attached hydrogen (secondary N) is 1. The molecular weight excluding hydrogens is 366 g/mol. The third kappa shape index (κ3) is 5.07. The molecule has 1 aromatic heterocycles. The van der Waals surface area contributed by atoms with E-state index in [0.29, 0.717) is 29.4 Å². The van der Waals surface area contributed by atoms with Crippen molar-refractivity contribution < 1.29 is 19.1 Å². The molecule has 1 aliphatic rings. The zero-order valence-electron chi connectivity index (χ0n) is 14.7. The number of anilines is 1. The lowest BCUT2D eigenvalue weighted by molar-refractivity contribution is -0.121. The fourth-order valence-electron chi connectivity index (χ4n) is 2.96. The predicted octanol–water partition coefficient (Wildman–Crippen LogP) is 2.10. The number of piperidine rings is 1. The summed E-state index contributed by atoms with van der Waals surface area (Å²) < 4.78 is 5.19. The highest BCUT2D eigenvalue weighted by atomic mass is 32.1. The van der Waals surface area contributed by atoms with E-state index in [1.807, 2.05) is 11.4 Å². The third-order valence-corrected chi connectivity index (χ3v) is 5.17. The van der Waals surface area contributed by atoms with Gasteiger partial charge in [0.15, 0.2) is 6.61 Å². The quantitative estimate of drug-likeness (QED) is 0.792. The highest BCUT2D eigenvalue weighted by Crippen LogP contribution is 2.22. The fraction of sp³-hybridized carbons (Fsp3) is 0.316. The van der Waals surface area contributed by atoms with Crippen molar-refractivity contribution in [3.8, 4) is 5.75 Å². The van der Waals surface area contributed by atoms with Crippen LogP contribution in [0.25, 0.3) is 0 Å². The summed E-state index contributed by atoms with van der Waals surface area (Å²) in [5.41, 5.74) is 5.67. The highest BCUT2D eigenvalue weighted by Gasteiger charge is 2.29. The first-order chi connectivity index (χ1) is 13.0. The van der Waals surface area contributed by atoms with Crippen LogP contribution in [-0.4, -0.2) is 42.3 Å². The van der Waals surface area contributed by atoms with E-state index in [4.69, 9.17) is 10.5 Å². The molecule has 3 amide bonds. The molecule has 1 aliphatic heterocycles. The minimum Gasteiger partial charge on any atom is -0.484 e. The number of primary amides is 1. The Hall–Kier alpha value is -2.87. The van der Waals surface area contributed by atoms with E-state index >= 15 is 0 Å². The van der Waals surface area contributed by atoms with Gasteiger partial charge in [-0.1, -0.05) is 6.07 Å². The summed E-state index contributed by atoms with van der Waals surface area (Å²) in [6.45, 7) is 0.899. The standard InChI is InChI=1S/C19H21N3O4S/c20-17(23)12-26-15-7-5-14(6-8-15)21-18(24)13-3-1-9-22(11-13)19(25)16-4-2-10-27-16/h2,4-8,10,13H,1,3,9,11-12H2,(H2,20,23)(H,21,24)/t13-/m0/s1. The molecule has 1 saturated heterocycles. The number of ether oxygens (including phenoxy) is 1. The average Bonchev–Trinajstić information content (AvgIpc) is 3.21. The second kappa shape index (κ2) is 8.68. The number of benzene rings is 1. The molecule has 0 spiro atoms. The van der Waals surface area contributed by atoms with Crippen LogP contribution in [0.1, 0.15) is 22.5 Å². The predicted molar refractivity (Wildman–Crippen MR) is 103 cm³/mol. The number of nitrogens with two attached hydrogens (primary N) is 1. The van der Waals surface area contributed by atoms with Crippen LogP contribution >= 0.6 is 11.3 Å². The number of rotatable bonds is 6. The molecule has 2 heterocycles. The van der Waals surface area contributed by atoms with Crippen LogP contribution in [0.15, 0.2) is 41.8 Å². The maximum Gasteiger partial charge on any atom is 0.263 e. The molecule has 8 heteroatoms. The van der Waals surface area contributed by atoms with Crippen molar-refractivity contribution in [1.82, 2.24) is 4.90 Å². The van der Waals surface area contributed by atoms with Gasteiger partial charge in [0, 0.05) is 18.8 Å². The molecule has 2 aromatic rings. The zero-order valence-corrected chi connectivity index (χ0v) is 15.5. The van der Waals surface area contributed by atoms with Gasteiger partial charge in [-0.2, -0.15) is 0 Å². The van der Waals surface area contributed by atoms with Gasteiger partial charge in [0.25, 0.3) is 11.8 Å². The lowest BCUT2D eigenvalue weighted by Gasteiger charge is -2.31. The van der Waals surface area contributed by atoms with Crippen molar-refractivity contribution in [1.29, 1.82) is 0 Å². The Balaban J connectivity index is 1.55. The van der Waals surface area contributed by atoms with E-state index in [0.717, 1.165) is 12.8 Å². The van der Waals surface area contributed by atoms with Gasteiger partial charge in [0.1, 0.15) is 5.75 Å². The first kappa shape index (κ1) is 18.9. The minimum absolute atomic E-state index is 0.0153. The fourth-order valence-corrected chi connectivity index (χ4v) is 3.66. The Morgan fingerprint density at radius 2 is 2.00 bits per heavy atom. The van der Waals surface area contributed by atoms with E-state index in [1.165, 1.54) is 11.3 Å². The van der Waals surface area contributed by atoms with Crippen LogP contribution in [0.5, 0.6) is 5.75 Å². The zero-order chi connectivity index (χ0) is 19.2.